The maximum Gasteiger partial charge on any atom is 0.356 e. The van der Waals surface area contributed by atoms with Gasteiger partial charge in [0.2, 0.25) is 5.91 Å². The predicted octanol–water partition coefficient (Wildman–Crippen LogP) is 3.11. The van der Waals surface area contributed by atoms with Crippen molar-refractivity contribution in [3.05, 3.63) is 59.8 Å². The van der Waals surface area contributed by atoms with Gasteiger partial charge in [-0.3, -0.25) is 9.69 Å². The Balaban J connectivity index is 1.35. The summed E-state index contributed by atoms with van der Waals surface area (Å²) in [5.74, 6) is -0.125. The van der Waals surface area contributed by atoms with Gasteiger partial charge in [0.25, 0.3) is 0 Å². The molecule has 1 fully saturated rings. The summed E-state index contributed by atoms with van der Waals surface area (Å²) in [4.78, 5) is 32.9. The van der Waals surface area contributed by atoms with Gasteiger partial charge >= 0.3 is 5.97 Å². The summed E-state index contributed by atoms with van der Waals surface area (Å²) < 4.78 is 10.3. The number of anilines is 1. The van der Waals surface area contributed by atoms with Crippen molar-refractivity contribution in [2.75, 3.05) is 52.3 Å². The Hall–Kier alpha value is -3.36. The molecule has 33 heavy (non-hydrogen) atoms. The Kier molecular flexibility index (Phi) is 7.26. The van der Waals surface area contributed by atoms with Gasteiger partial charge in [0.1, 0.15) is 11.4 Å². The molecule has 2 N–H and O–H groups in total. The summed E-state index contributed by atoms with van der Waals surface area (Å²) >= 11 is 0. The van der Waals surface area contributed by atoms with E-state index in [1.54, 1.807) is 13.2 Å². The molecular weight excluding hydrogens is 420 g/mol. The number of amides is 1. The first-order chi connectivity index (χ1) is 16.1. The highest BCUT2D eigenvalue weighted by Crippen LogP contribution is 2.35. The Morgan fingerprint density at radius 3 is 2.39 bits per heavy atom. The third-order valence-corrected chi connectivity index (χ3v) is 6.03. The number of hydrogen-bond acceptors (Lipinski definition) is 6. The summed E-state index contributed by atoms with van der Waals surface area (Å²) in [6.45, 7) is 5.42. The highest BCUT2D eigenvalue weighted by molar-refractivity contribution is 6.12. The lowest BCUT2D eigenvalue weighted by Gasteiger charge is -2.34. The van der Waals surface area contributed by atoms with Crippen molar-refractivity contribution in [2.45, 2.75) is 13.0 Å². The monoisotopic (exact) mass is 450 g/mol. The highest BCUT2D eigenvalue weighted by atomic mass is 16.5. The summed E-state index contributed by atoms with van der Waals surface area (Å²) in [5, 5.41) is 3.57. The van der Waals surface area contributed by atoms with Crippen LogP contribution in [0.15, 0.2) is 48.5 Å². The lowest BCUT2D eigenvalue weighted by molar-refractivity contribution is -0.116. The molecule has 1 aliphatic heterocycles. The maximum atomic E-state index is 12.8. The highest BCUT2D eigenvalue weighted by Gasteiger charge is 2.23. The Labute approximate surface area is 193 Å². The number of hydrogen-bond donors (Lipinski definition) is 2. The van der Waals surface area contributed by atoms with Crippen molar-refractivity contribution in [1.82, 2.24) is 14.8 Å². The van der Waals surface area contributed by atoms with E-state index in [0.717, 1.165) is 32.7 Å². The first-order valence-corrected chi connectivity index (χ1v) is 11.1. The number of carbonyl (C=O) groups excluding carboxylic acids is 2. The van der Waals surface area contributed by atoms with Crippen molar-refractivity contribution < 1.29 is 19.1 Å². The zero-order valence-corrected chi connectivity index (χ0v) is 19.1. The fraction of sp³-hybridized carbons (Fsp3) is 0.360. The Bertz CT molecular complexity index is 1100. The molecule has 4 rings (SSSR count). The lowest BCUT2D eigenvalue weighted by Crippen LogP contribution is -2.46. The molecule has 0 radical (unpaired) electrons. The maximum absolute atomic E-state index is 12.8. The number of methoxy groups -OCH3 is 2. The molecule has 2 heterocycles. The number of aromatic amines is 1. The van der Waals surface area contributed by atoms with Crippen LogP contribution < -0.4 is 10.1 Å². The third-order valence-electron chi connectivity index (χ3n) is 6.03. The van der Waals surface area contributed by atoms with E-state index >= 15 is 0 Å². The molecular formula is C25H30N4O4. The Morgan fingerprint density at radius 2 is 1.70 bits per heavy atom. The van der Waals surface area contributed by atoms with Gasteiger partial charge < -0.3 is 24.7 Å². The van der Waals surface area contributed by atoms with Crippen LogP contribution in [0.2, 0.25) is 0 Å². The number of benzene rings is 2. The number of H-pyrrole nitrogens is 1. The van der Waals surface area contributed by atoms with E-state index in [0.29, 0.717) is 35.3 Å². The van der Waals surface area contributed by atoms with E-state index in [4.69, 9.17) is 9.47 Å². The molecule has 2 aromatic carbocycles. The van der Waals surface area contributed by atoms with Gasteiger partial charge in [-0.25, -0.2) is 4.79 Å². The van der Waals surface area contributed by atoms with Crippen molar-refractivity contribution in [2.24, 2.45) is 0 Å². The van der Waals surface area contributed by atoms with Crippen LogP contribution in [-0.2, 0) is 16.1 Å². The second kappa shape index (κ2) is 10.5. The zero-order chi connectivity index (χ0) is 23.2. The van der Waals surface area contributed by atoms with Gasteiger partial charge in [-0.15, -0.1) is 0 Å². The average Bonchev–Trinajstić information content (AvgIpc) is 3.22. The van der Waals surface area contributed by atoms with Crippen LogP contribution in [0, 0.1) is 0 Å². The first-order valence-electron chi connectivity index (χ1n) is 11.1. The second-order valence-corrected chi connectivity index (χ2v) is 8.15. The van der Waals surface area contributed by atoms with Crippen LogP contribution in [0.4, 0.5) is 5.69 Å². The number of fused-ring (bicyclic) bond motifs is 1. The molecule has 8 heteroatoms. The van der Waals surface area contributed by atoms with Gasteiger partial charge in [-0.1, -0.05) is 36.4 Å². The molecule has 0 spiro atoms. The molecule has 1 saturated heterocycles. The Morgan fingerprint density at radius 1 is 0.970 bits per heavy atom. The topological polar surface area (TPSA) is 86.9 Å². The van der Waals surface area contributed by atoms with Crippen molar-refractivity contribution in [1.29, 1.82) is 0 Å². The van der Waals surface area contributed by atoms with E-state index in [2.05, 4.69) is 44.4 Å². The van der Waals surface area contributed by atoms with E-state index in [-0.39, 0.29) is 11.6 Å². The van der Waals surface area contributed by atoms with Gasteiger partial charge in [0.05, 0.1) is 30.8 Å². The number of nitrogens with zero attached hydrogens (tertiary/aromatic N) is 2. The molecule has 0 aliphatic carbocycles. The summed E-state index contributed by atoms with van der Waals surface area (Å²) in [6, 6.07) is 15.9. The number of carbonyl (C=O) groups is 2. The largest absolute Gasteiger partial charge is 0.496 e. The van der Waals surface area contributed by atoms with Crippen LogP contribution in [-0.4, -0.2) is 73.6 Å². The van der Waals surface area contributed by atoms with Gasteiger partial charge in [-0.05, 0) is 17.7 Å². The minimum absolute atomic E-state index is 0.154. The molecule has 1 amide bonds. The first kappa shape index (κ1) is 22.8. The molecule has 3 aromatic rings. The predicted molar refractivity (Wildman–Crippen MR) is 128 cm³/mol. The van der Waals surface area contributed by atoms with Gasteiger partial charge in [0, 0.05) is 45.7 Å². The van der Waals surface area contributed by atoms with Crippen LogP contribution in [0.1, 0.15) is 22.5 Å². The minimum Gasteiger partial charge on any atom is -0.496 e. The fourth-order valence-electron chi connectivity index (χ4n) is 4.24. The third kappa shape index (κ3) is 5.35. The summed E-state index contributed by atoms with van der Waals surface area (Å²) in [7, 11) is 2.87. The van der Waals surface area contributed by atoms with E-state index in [9.17, 15) is 9.59 Å². The number of ether oxygens (including phenoxy) is 2. The van der Waals surface area contributed by atoms with Gasteiger partial charge in [-0.2, -0.15) is 0 Å². The van der Waals surface area contributed by atoms with E-state index in [1.165, 1.54) is 12.7 Å². The number of rotatable bonds is 8. The van der Waals surface area contributed by atoms with Crippen molar-refractivity contribution in [3.63, 3.8) is 0 Å². The molecule has 8 nitrogen and oxygen atoms in total. The quantitative estimate of drug-likeness (QED) is 0.513. The molecule has 174 valence electrons. The molecule has 1 aliphatic rings. The van der Waals surface area contributed by atoms with Crippen LogP contribution in [0.3, 0.4) is 0 Å². The van der Waals surface area contributed by atoms with Crippen molar-refractivity contribution in [3.8, 4) is 5.75 Å². The normalized spacial score (nSPS) is 14.8. The molecule has 1 aromatic heterocycles. The summed E-state index contributed by atoms with van der Waals surface area (Å²) in [6.07, 6.45) is 0.334. The molecule has 0 saturated carbocycles. The molecule has 0 atom stereocenters. The average molecular weight is 451 g/mol. The standard InChI is InChI=1S/C25H30N4O4/c1-32-20-10-6-9-19-22(20)23(24(26-19)25(31)33-2)27-21(30)11-12-28-13-15-29(16-14-28)17-18-7-4-3-5-8-18/h3-10,26H,11-17H2,1-2H3,(H,27,30). The summed E-state index contributed by atoms with van der Waals surface area (Å²) in [5.41, 5.74) is 2.62. The van der Waals surface area contributed by atoms with Crippen LogP contribution in [0.25, 0.3) is 10.9 Å². The molecule has 0 unspecified atom stereocenters. The smallest absolute Gasteiger partial charge is 0.356 e. The van der Waals surface area contributed by atoms with E-state index < -0.39 is 5.97 Å². The number of piperazine rings is 1. The molecule has 0 bridgehead atoms. The van der Waals surface area contributed by atoms with Crippen LogP contribution in [0.5, 0.6) is 5.75 Å². The minimum atomic E-state index is -0.543. The number of esters is 1. The van der Waals surface area contributed by atoms with Crippen LogP contribution >= 0.6 is 0 Å². The number of aromatic nitrogens is 1. The van der Waals surface area contributed by atoms with Crippen molar-refractivity contribution >= 4 is 28.5 Å². The SMILES string of the molecule is COC(=O)c1[nH]c2cccc(OC)c2c1NC(=O)CCN1CCN(Cc2ccccc2)CC1. The number of nitrogens with one attached hydrogen (secondary N) is 2. The second-order valence-electron chi connectivity index (χ2n) is 8.15. The fourth-order valence-corrected chi connectivity index (χ4v) is 4.24. The zero-order valence-electron chi connectivity index (χ0n) is 19.1. The van der Waals surface area contributed by atoms with Gasteiger partial charge in [0.15, 0.2) is 0 Å². The van der Waals surface area contributed by atoms with E-state index in [1.807, 2.05) is 18.2 Å². The lowest BCUT2D eigenvalue weighted by atomic mass is 10.2.